The van der Waals surface area contributed by atoms with Crippen LogP contribution >= 0.6 is 11.3 Å². The van der Waals surface area contributed by atoms with Crippen molar-refractivity contribution in [2.75, 3.05) is 12.3 Å². The Bertz CT molecular complexity index is 416. The van der Waals surface area contributed by atoms with E-state index in [1.165, 1.54) is 30.6 Å². The molecule has 1 aliphatic heterocycles. The van der Waals surface area contributed by atoms with E-state index in [0.717, 1.165) is 12.2 Å². The van der Waals surface area contributed by atoms with Gasteiger partial charge in [0.05, 0.1) is 11.7 Å². The zero-order valence-electron chi connectivity index (χ0n) is 9.91. The minimum atomic E-state index is -5.08. The number of alkyl halides is 3. The lowest BCUT2D eigenvalue weighted by molar-refractivity contribution is -0.192. The van der Waals surface area contributed by atoms with E-state index >= 15 is 0 Å². The number of nitrogens with one attached hydrogen (secondary N) is 1. The van der Waals surface area contributed by atoms with E-state index in [1.807, 2.05) is 0 Å². The number of nitrogens with two attached hydrogens (primary N) is 1. The van der Waals surface area contributed by atoms with Crippen LogP contribution in [0.25, 0.3) is 0 Å². The molecule has 1 aromatic heterocycles. The molecule has 19 heavy (non-hydrogen) atoms. The minimum absolute atomic E-state index is 0.451. The van der Waals surface area contributed by atoms with Crippen LogP contribution in [0.5, 0.6) is 0 Å². The third kappa shape index (κ3) is 5.43. The van der Waals surface area contributed by atoms with Gasteiger partial charge in [0.2, 0.25) is 0 Å². The van der Waals surface area contributed by atoms with Crippen molar-refractivity contribution in [3.05, 3.63) is 11.1 Å². The van der Waals surface area contributed by atoms with E-state index in [-0.39, 0.29) is 0 Å². The van der Waals surface area contributed by atoms with E-state index in [0.29, 0.717) is 11.2 Å². The summed E-state index contributed by atoms with van der Waals surface area (Å²) in [4.78, 5) is 13.2. The van der Waals surface area contributed by atoms with Crippen molar-refractivity contribution in [3.8, 4) is 0 Å². The molecule has 0 bridgehead atoms. The fourth-order valence-electron chi connectivity index (χ4n) is 1.57. The maximum absolute atomic E-state index is 10.6. The SMILES string of the molecule is Nc1nc(C2CCCCN2)cs1.O=C(O)C(F)(F)F. The summed E-state index contributed by atoms with van der Waals surface area (Å²) in [5.74, 6) is -2.76. The quantitative estimate of drug-likeness (QED) is 0.739. The highest BCUT2D eigenvalue weighted by atomic mass is 32.1. The van der Waals surface area contributed by atoms with Gasteiger partial charge in [-0.2, -0.15) is 13.2 Å². The number of rotatable bonds is 1. The van der Waals surface area contributed by atoms with Crippen molar-refractivity contribution < 1.29 is 23.1 Å². The number of nitrogen functional groups attached to an aromatic ring is 1. The third-order valence-electron chi connectivity index (χ3n) is 2.45. The van der Waals surface area contributed by atoms with Gasteiger partial charge in [-0.15, -0.1) is 11.3 Å². The van der Waals surface area contributed by atoms with Crippen molar-refractivity contribution in [3.63, 3.8) is 0 Å². The molecule has 1 aliphatic rings. The van der Waals surface area contributed by atoms with Crippen LogP contribution in [0.3, 0.4) is 0 Å². The molecule has 2 rings (SSSR count). The predicted molar refractivity (Wildman–Crippen MR) is 64.8 cm³/mol. The first-order chi connectivity index (χ1) is 8.80. The lowest BCUT2D eigenvalue weighted by Gasteiger charge is -2.21. The lowest BCUT2D eigenvalue weighted by atomic mass is 10.0. The number of aliphatic carboxylic acids is 1. The predicted octanol–water partition coefficient (Wildman–Crippen LogP) is 2.17. The summed E-state index contributed by atoms with van der Waals surface area (Å²) < 4.78 is 31.7. The normalized spacial score (nSPS) is 19.4. The van der Waals surface area contributed by atoms with Crippen LogP contribution in [0.2, 0.25) is 0 Å². The van der Waals surface area contributed by atoms with Gasteiger partial charge < -0.3 is 16.2 Å². The molecule has 0 aliphatic carbocycles. The Morgan fingerprint density at radius 2 is 2.16 bits per heavy atom. The van der Waals surface area contributed by atoms with Gasteiger partial charge in [0.1, 0.15) is 0 Å². The highest BCUT2D eigenvalue weighted by Crippen LogP contribution is 2.24. The van der Waals surface area contributed by atoms with Crippen LogP contribution in [0.4, 0.5) is 18.3 Å². The summed E-state index contributed by atoms with van der Waals surface area (Å²) in [5, 5.41) is 13.3. The third-order valence-corrected chi connectivity index (χ3v) is 3.14. The number of anilines is 1. The molecule has 0 spiro atoms. The monoisotopic (exact) mass is 297 g/mol. The summed E-state index contributed by atoms with van der Waals surface area (Å²) in [6.45, 7) is 1.11. The largest absolute Gasteiger partial charge is 0.490 e. The number of halogens is 3. The standard InChI is InChI=1S/C8H13N3S.C2HF3O2/c9-8-11-7(5-12-8)6-3-1-2-4-10-6;3-2(4,5)1(6)7/h5-6,10H,1-4H2,(H2,9,11);(H,6,7). The van der Waals surface area contributed by atoms with Crippen molar-refractivity contribution >= 4 is 22.4 Å². The van der Waals surface area contributed by atoms with Crippen LogP contribution < -0.4 is 11.1 Å². The van der Waals surface area contributed by atoms with Gasteiger partial charge in [-0.3, -0.25) is 0 Å². The molecular formula is C10H14F3N3O2S. The number of nitrogens with zero attached hydrogens (tertiary/aromatic N) is 1. The second kappa shape index (κ2) is 6.71. The fourth-order valence-corrected chi connectivity index (χ4v) is 2.18. The van der Waals surface area contributed by atoms with Crippen molar-refractivity contribution in [2.45, 2.75) is 31.5 Å². The molecule has 108 valence electrons. The number of aromatic nitrogens is 1. The Morgan fingerprint density at radius 1 is 1.53 bits per heavy atom. The zero-order valence-corrected chi connectivity index (χ0v) is 10.7. The van der Waals surface area contributed by atoms with Crippen LogP contribution in [-0.2, 0) is 4.79 Å². The van der Waals surface area contributed by atoms with Gasteiger partial charge >= 0.3 is 12.1 Å². The van der Waals surface area contributed by atoms with E-state index in [9.17, 15) is 13.2 Å². The summed E-state index contributed by atoms with van der Waals surface area (Å²) in [6, 6.07) is 0.451. The van der Waals surface area contributed by atoms with Gasteiger partial charge in [-0.05, 0) is 19.4 Å². The van der Waals surface area contributed by atoms with Crippen LogP contribution in [0.15, 0.2) is 5.38 Å². The molecule has 4 N–H and O–H groups in total. The van der Waals surface area contributed by atoms with Gasteiger partial charge in [-0.25, -0.2) is 9.78 Å². The molecule has 1 aromatic rings. The first-order valence-electron chi connectivity index (χ1n) is 5.55. The van der Waals surface area contributed by atoms with Crippen molar-refractivity contribution in [2.24, 2.45) is 0 Å². The van der Waals surface area contributed by atoms with Gasteiger partial charge in [0.15, 0.2) is 5.13 Å². The Labute approximate surface area is 111 Å². The van der Waals surface area contributed by atoms with Crippen LogP contribution in [0.1, 0.15) is 31.0 Å². The second-order valence-electron chi connectivity index (χ2n) is 3.92. The van der Waals surface area contributed by atoms with E-state index < -0.39 is 12.1 Å². The zero-order chi connectivity index (χ0) is 14.5. The summed E-state index contributed by atoms with van der Waals surface area (Å²) >= 11 is 1.52. The first kappa shape index (κ1) is 15.7. The molecular weight excluding hydrogens is 283 g/mol. The summed E-state index contributed by atoms with van der Waals surface area (Å²) in [7, 11) is 0. The molecule has 1 saturated heterocycles. The smallest absolute Gasteiger partial charge is 0.475 e. The van der Waals surface area contributed by atoms with Crippen LogP contribution in [-0.4, -0.2) is 28.8 Å². The molecule has 0 radical (unpaired) electrons. The van der Waals surface area contributed by atoms with Crippen molar-refractivity contribution in [1.29, 1.82) is 0 Å². The molecule has 0 saturated carbocycles. The molecule has 0 amide bonds. The molecule has 2 heterocycles. The van der Waals surface area contributed by atoms with E-state index in [2.05, 4.69) is 15.7 Å². The lowest BCUT2D eigenvalue weighted by Crippen LogP contribution is -2.26. The number of carboxylic acid groups (broad SMARTS) is 1. The number of carbonyl (C=O) groups is 1. The number of thiazole rings is 1. The molecule has 0 aromatic carbocycles. The number of carboxylic acids is 1. The molecule has 1 atom stereocenters. The van der Waals surface area contributed by atoms with E-state index in [1.54, 1.807) is 0 Å². The van der Waals surface area contributed by atoms with Gasteiger partial charge in [0.25, 0.3) is 0 Å². The summed E-state index contributed by atoms with van der Waals surface area (Å²) in [5.41, 5.74) is 6.69. The Hall–Kier alpha value is -1.35. The van der Waals surface area contributed by atoms with Gasteiger partial charge in [-0.1, -0.05) is 6.42 Å². The molecule has 9 heteroatoms. The highest BCUT2D eigenvalue weighted by Gasteiger charge is 2.38. The highest BCUT2D eigenvalue weighted by molar-refractivity contribution is 7.13. The van der Waals surface area contributed by atoms with Crippen molar-refractivity contribution in [1.82, 2.24) is 10.3 Å². The molecule has 1 fully saturated rings. The van der Waals surface area contributed by atoms with E-state index in [4.69, 9.17) is 15.6 Å². The maximum Gasteiger partial charge on any atom is 0.490 e. The second-order valence-corrected chi connectivity index (χ2v) is 4.81. The Morgan fingerprint density at radius 3 is 2.53 bits per heavy atom. The van der Waals surface area contributed by atoms with Gasteiger partial charge in [0, 0.05) is 5.38 Å². The Balaban J connectivity index is 0.000000224. The maximum atomic E-state index is 10.6. The number of hydrogen-bond donors (Lipinski definition) is 3. The number of piperidine rings is 1. The first-order valence-corrected chi connectivity index (χ1v) is 6.43. The van der Waals surface area contributed by atoms with Crippen LogP contribution in [0, 0.1) is 0 Å². The average molecular weight is 297 g/mol. The molecule has 1 unspecified atom stereocenters. The molecule has 5 nitrogen and oxygen atoms in total. The number of hydrogen-bond acceptors (Lipinski definition) is 5. The minimum Gasteiger partial charge on any atom is -0.475 e. The average Bonchev–Trinajstić information content (AvgIpc) is 2.77. The summed E-state index contributed by atoms with van der Waals surface area (Å²) in [6.07, 6.45) is -1.30. The topological polar surface area (TPSA) is 88.2 Å². The fraction of sp³-hybridized carbons (Fsp3) is 0.600. The Kier molecular flexibility index (Phi) is 5.55.